The standard InChI is InChI=1S/C13H15BrO2/c1-13(2,3)11(12(15)16)8-9-5-4-6-10(14)7-9/h4-8H,1-3H3,(H,15,16)/b11-8+. The number of hydrogen-bond acceptors (Lipinski definition) is 1. The fraction of sp³-hybridized carbons (Fsp3) is 0.308. The van der Waals surface area contributed by atoms with Gasteiger partial charge in [-0.1, -0.05) is 48.8 Å². The lowest BCUT2D eigenvalue weighted by atomic mass is 9.85. The Morgan fingerprint density at radius 3 is 2.44 bits per heavy atom. The van der Waals surface area contributed by atoms with Crippen LogP contribution in [0.4, 0.5) is 0 Å². The molecule has 0 heterocycles. The summed E-state index contributed by atoms with van der Waals surface area (Å²) in [5.74, 6) is -0.868. The first-order valence-corrected chi connectivity index (χ1v) is 5.81. The molecule has 1 aromatic carbocycles. The minimum atomic E-state index is -0.868. The van der Waals surface area contributed by atoms with Crippen molar-refractivity contribution in [2.45, 2.75) is 20.8 Å². The van der Waals surface area contributed by atoms with Gasteiger partial charge in [-0.15, -0.1) is 0 Å². The summed E-state index contributed by atoms with van der Waals surface area (Å²) in [7, 11) is 0. The molecular formula is C13H15BrO2. The summed E-state index contributed by atoms with van der Waals surface area (Å²) >= 11 is 3.36. The van der Waals surface area contributed by atoms with E-state index in [-0.39, 0.29) is 5.41 Å². The van der Waals surface area contributed by atoms with Crippen molar-refractivity contribution in [3.8, 4) is 0 Å². The van der Waals surface area contributed by atoms with Gasteiger partial charge in [0.2, 0.25) is 0 Å². The van der Waals surface area contributed by atoms with Gasteiger partial charge >= 0.3 is 5.97 Å². The maximum atomic E-state index is 11.2. The van der Waals surface area contributed by atoms with Gasteiger partial charge in [-0.25, -0.2) is 4.79 Å². The number of hydrogen-bond donors (Lipinski definition) is 1. The van der Waals surface area contributed by atoms with Crippen LogP contribution >= 0.6 is 15.9 Å². The van der Waals surface area contributed by atoms with Crippen molar-refractivity contribution in [2.24, 2.45) is 5.41 Å². The predicted molar refractivity (Wildman–Crippen MR) is 69.2 cm³/mol. The molecule has 1 rings (SSSR count). The molecule has 0 spiro atoms. The molecule has 16 heavy (non-hydrogen) atoms. The number of carbonyl (C=O) groups is 1. The minimum absolute atomic E-state index is 0.367. The van der Waals surface area contributed by atoms with Gasteiger partial charge in [0.25, 0.3) is 0 Å². The number of rotatable bonds is 2. The average molecular weight is 283 g/mol. The molecular weight excluding hydrogens is 268 g/mol. The van der Waals surface area contributed by atoms with Crippen molar-refractivity contribution in [3.05, 3.63) is 39.9 Å². The topological polar surface area (TPSA) is 37.3 Å². The number of carboxylic acids is 1. The van der Waals surface area contributed by atoms with E-state index in [2.05, 4.69) is 15.9 Å². The van der Waals surface area contributed by atoms with E-state index >= 15 is 0 Å². The Labute approximate surface area is 104 Å². The normalized spacial score (nSPS) is 12.6. The highest BCUT2D eigenvalue weighted by molar-refractivity contribution is 9.10. The van der Waals surface area contributed by atoms with E-state index in [1.165, 1.54) is 0 Å². The van der Waals surface area contributed by atoms with Crippen LogP contribution in [-0.2, 0) is 4.79 Å². The van der Waals surface area contributed by atoms with Gasteiger partial charge in [0, 0.05) is 10.0 Å². The summed E-state index contributed by atoms with van der Waals surface area (Å²) in [5, 5.41) is 9.16. The summed E-state index contributed by atoms with van der Waals surface area (Å²) in [6.07, 6.45) is 1.72. The van der Waals surface area contributed by atoms with Gasteiger partial charge in [0.15, 0.2) is 0 Å². The summed E-state index contributed by atoms with van der Waals surface area (Å²) in [6.45, 7) is 5.68. The first-order chi connectivity index (χ1) is 7.30. The van der Waals surface area contributed by atoms with Crippen molar-refractivity contribution < 1.29 is 9.90 Å². The lowest BCUT2D eigenvalue weighted by molar-refractivity contribution is -0.133. The van der Waals surface area contributed by atoms with Crippen LogP contribution in [0.3, 0.4) is 0 Å². The van der Waals surface area contributed by atoms with Crippen LogP contribution in [-0.4, -0.2) is 11.1 Å². The van der Waals surface area contributed by atoms with Crippen molar-refractivity contribution in [1.29, 1.82) is 0 Å². The summed E-state index contributed by atoms with van der Waals surface area (Å²) in [4.78, 5) is 11.2. The molecule has 0 aliphatic heterocycles. The quantitative estimate of drug-likeness (QED) is 0.834. The summed E-state index contributed by atoms with van der Waals surface area (Å²) in [6, 6.07) is 7.58. The van der Waals surface area contributed by atoms with Gasteiger partial charge in [-0.2, -0.15) is 0 Å². The van der Waals surface area contributed by atoms with E-state index in [1.807, 2.05) is 45.0 Å². The Hall–Kier alpha value is -1.09. The van der Waals surface area contributed by atoms with Gasteiger partial charge in [0.1, 0.15) is 0 Å². The molecule has 0 amide bonds. The molecule has 1 aromatic rings. The van der Waals surface area contributed by atoms with Crippen LogP contribution in [0.15, 0.2) is 34.3 Å². The molecule has 0 fully saturated rings. The van der Waals surface area contributed by atoms with Crippen molar-refractivity contribution in [2.75, 3.05) is 0 Å². The first kappa shape index (κ1) is 13.0. The zero-order valence-electron chi connectivity index (χ0n) is 9.62. The van der Waals surface area contributed by atoms with E-state index in [4.69, 9.17) is 5.11 Å². The molecule has 3 heteroatoms. The highest BCUT2D eigenvalue weighted by atomic mass is 79.9. The van der Waals surface area contributed by atoms with Crippen molar-refractivity contribution in [3.63, 3.8) is 0 Å². The SMILES string of the molecule is CC(C)(C)/C(=C/c1cccc(Br)c1)C(=O)O. The van der Waals surface area contributed by atoms with Crippen molar-refractivity contribution >= 4 is 28.0 Å². The van der Waals surface area contributed by atoms with E-state index in [1.54, 1.807) is 6.08 Å². The second-order valence-corrected chi connectivity index (χ2v) is 5.58. The van der Waals surface area contributed by atoms with E-state index in [0.29, 0.717) is 5.57 Å². The molecule has 0 unspecified atom stereocenters. The highest BCUT2D eigenvalue weighted by Crippen LogP contribution is 2.27. The van der Waals surface area contributed by atoms with Crippen LogP contribution in [0.25, 0.3) is 6.08 Å². The van der Waals surface area contributed by atoms with Gasteiger partial charge in [-0.3, -0.25) is 0 Å². The molecule has 2 nitrogen and oxygen atoms in total. The van der Waals surface area contributed by atoms with Gasteiger partial charge in [0.05, 0.1) is 0 Å². The zero-order chi connectivity index (χ0) is 12.3. The van der Waals surface area contributed by atoms with Crippen LogP contribution in [0.5, 0.6) is 0 Å². The van der Waals surface area contributed by atoms with Crippen molar-refractivity contribution in [1.82, 2.24) is 0 Å². The number of benzene rings is 1. The molecule has 1 N–H and O–H groups in total. The van der Waals surface area contributed by atoms with Crippen LogP contribution in [0.1, 0.15) is 26.3 Å². The smallest absolute Gasteiger partial charge is 0.332 e. The Kier molecular flexibility index (Phi) is 3.92. The Morgan fingerprint density at radius 2 is 2.00 bits per heavy atom. The molecule has 86 valence electrons. The lowest BCUT2D eigenvalue weighted by Gasteiger charge is -2.19. The number of carboxylic acid groups (broad SMARTS) is 1. The molecule has 0 saturated heterocycles. The minimum Gasteiger partial charge on any atom is -0.478 e. The summed E-state index contributed by atoms with van der Waals surface area (Å²) < 4.78 is 0.944. The average Bonchev–Trinajstić information content (AvgIpc) is 2.12. The Bertz CT molecular complexity index is 428. The maximum Gasteiger partial charge on any atom is 0.332 e. The third kappa shape index (κ3) is 3.49. The molecule has 0 aromatic heterocycles. The number of halogens is 1. The van der Waals surface area contributed by atoms with Crippen LogP contribution in [0.2, 0.25) is 0 Å². The Morgan fingerprint density at radius 1 is 1.38 bits per heavy atom. The summed E-state index contributed by atoms with van der Waals surface area (Å²) in [5.41, 5.74) is 0.932. The first-order valence-electron chi connectivity index (χ1n) is 5.02. The van der Waals surface area contributed by atoms with Gasteiger partial charge < -0.3 is 5.11 Å². The van der Waals surface area contributed by atoms with E-state index in [0.717, 1.165) is 10.0 Å². The van der Waals surface area contributed by atoms with Gasteiger partial charge in [-0.05, 0) is 29.2 Å². The fourth-order valence-corrected chi connectivity index (χ4v) is 1.78. The van der Waals surface area contributed by atoms with E-state index in [9.17, 15) is 4.79 Å². The lowest BCUT2D eigenvalue weighted by Crippen LogP contribution is -2.17. The van der Waals surface area contributed by atoms with Crippen LogP contribution in [0, 0.1) is 5.41 Å². The third-order valence-corrected chi connectivity index (χ3v) is 2.69. The molecule has 0 aliphatic carbocycles. The molecule has 0 saturated carbocycles. The second kappa shape index (κ2) is 4.83. The molecule has 0 atom stereocenters. The molecule has 0 bridgehead atoms. The monoisotopic (exact) mass is 282 g/mol. The molecule has 0 radical (unpaired) electrons. The van der Waals surface area contributed by atoms with E-state index < -0.39 is 5.97 Å². The largest absolute Gasteiger partial charge is 0.478 e. The highest BCUT2D eigenvalue weighted by Gasteiger charge is 2.23. The molecule has 0 aliphatic rings. The van der Waals surface area contributed by atoms with Crippen LogP contribution < -0.4 is 0 Å². The maximum absolute atomic E-state index is 11.2. The predicted octanol–water partition coefficient (Wildman–Crippen LogP) is 3.96. The zero-order valence-corrected chi connectivity index (χ0v) is 11.2. The fourth-order valence-electron chi connectivity index (χ4n) is 1.36. The third-order valence-electron chi connectivity index (χ3n) is 2.20. The number of aliphatic carboxylic acids is 1. The second-order valence-electron chi connectivity index (χ2n) is 4.67. The Balaban J connectivity index is 3.18.